The summed E-state index contributed by atoms with van der Waals surface area (Å²) in [5.41, 5.74) is 0. The number of unbranched alkanes of at least 4 members (excludes halogenated alkanes) is 41. The molecule has 0 amide bonds. The lowest BCUT2D eigenvalue weighted by Crippen LogP contribution is -2.44. The number of hydrogen-bond donors (Lipinski definition) is 0. The summed E-state index contributed by atoms with van der Waals surface area (Å²) in [6, 6.07) is 0. The number of carbonyl (C=O) groups excluding carboxylic acids is 3. The van der Waals surface area contributed by atoms with E-state index in [1.54, 1.807) is 0 Å². The zero-order chi connectivity index (χ0) is 77.4. The number of quaternary nitrogens is 1. The third-order valence-corrected chi connectivity index (χ3v) is 19.3. The van der Waals surface area contributed by atoms with Crippen molar-refractivity contribution in [3.63, 3.8) is 0 Å². The highest BCUT2D eigenvalue weighted by molar-refractivity contribution is 5.70. The molecule has 107 heavy (non-hydrogen) atoms. The summed E-state index contributed by atoms with van der Waals surface area (Å²) < 4.78 is 22.9. The minimum Gasteiger partial charge on any atom is -0.545 e. The number of hydrogen-bond acceptors (Lipinski definition) is 8. The van der Waals surface area contributed by atoms with E-state index in [4.69, 9.17) is 18.9 Å². The molecular weight excluding hydrogens is 1320 g/mol. The van der Waals surface area contributed by atoms with Gasteiger partial charge in [0.1, 0.15) is 13.2 Å². The van der Waals surface area contributed by atoms with Crippen molar-refractivity contribution in [1.29, 1.82) is 0 Å². The summed E-state index contributed by atoms with van der Waals surface area (Å²) in [5, 5.41) is 11.9. The van der Waals surface area contributed by atoms with E-state index in [1.807, 2.05) is 21.1 Å². The smallest absolute Gasteiger partial charge is 0.306 e. The van der Waals surface area contributed by atoms with Crippen LogP contribution in [-0.2, 0) is 33.3 Å². The van der Waals surface area contributed by atoms with E-state index in [0.29, 0.717) is 17.4 Å². The van der Waals surface area contributed by atoms with Crippen molar-refractivity contribution in [2.75, 3.05) is 47.5 Å². The van der Waals surface area contributed by atoms with Crippen LogP contribution in [-0.4, -0.2) is 82.3 Å². The molecule has 612 valence electrons. The Labute approximate surface area is 661 Å². The number of carboxylic acid groups (broad SMARTS) is 1. The van der Waals surface area contributed by atoms with Crippen molar-refractivity contribution >= 4 is 17.9 Å². The van der Waals surface area contributed by atoms with Gasteiger partial charge in [-0.15, -0.1) is 0 Å². The van der Waals surface area contributed by atoms with E-state index in [9.17, 15) is 19.5 Å². The Hall–Kier alpha value is -5.09. The van der Waals surface area contributed by atoms with Crippen LogP contribution >= 0.6 is 0 Å². The fourth-order valence-corrected chi connectivity index (χ4v) is 12.5. The normalized spacial score (nSPS) is 13.4. The molecule has 0 N–H and O–H groups in total. The maximum Gasteiger partial charge on any atom is 0.306 e. The molecule has 0 saturated carbocycles. The van der Waals surface area contributed by atoms with E-state index >= 15 is 0 Å². The summed E-state index contributed by atoms with van der Waals surface area (Å²) >= 11 is 0. The lowest BCUT2D eigenvalue weighted by Gasteiger charge is -2.26. The SMILES string of the molecule is CC/C=C\C/C=C\C/C=C\C/C=C\C/C=C\C/C=C\C/C=C\C/C=C\C/C=C\C/C=C\CCCCCCCCCCCCC(=O)OC(COC(=O)CCCCCCCCCCCCCCCCCCCCCCCCCCCC/C=C\C/C=C\C/C=C\CCCCCCC)COC(OCC[N+](C)(C)C)C(=O)[O-]. The molecule has 2 unspecified atom stereocenters. The average Bonchev–Trinajstić information content (AvgIpc) is 0.965. The van der Waals surface area contributed by atoms with Crippen molar-refractivity contribution in [3.8, 4) is 0 Å². The van der Waals surface area contributed by atoms with Gasteiger partial charge >= 0.3 is 11.9 Å². The molecule has 0 rings (SSSR count). The molecule has 0 aliphatic heterocycles. The van der Waals surface area contributed by atoms with Crippen LogP contribution in [0.1, 0.15) is 386 Å². The second-order valence-corrected chi connectivity index (χ2v) is 30.8. The van der Waals surface area contributed by atoms with Gasteiger partial charge in [-0.3, -0.25) is 9.59 Å². The number of nitrogens with zero attached hydrogens (tertiary/aromatic N) is 1. The molecule has 0 radical (unpaired) electrons. The number of rotatable bonds is 82. The second kappa shape index (κ2) is 86.5. The van der Waals surface area contributed by atoms with Crippen molar-refractivity contribution in [2.45, 2.75) is 399 Å². The highest BCUT2D eigenvalue weighted by Crippen LogP contribution is 2.19. The standard InChI is InChI=1S/C98H167NO8/c1-6-8-10-12-14-16-18-20-22-24-26-28-30-32-34-36-38-40-42-44-46-48-50-52-54-56-58-60-62-64-66-68-70-72-74-76-78-80-82-84-86-88-95(100)105-92-94(93-106-98(97(102)103)104-91-90-99(3,4)5)107-96(101)89-87-85-83-81-79-77-75-73-71-69-67-65-63-61-59-57-55-53-51-49-47-45-43-41-39-37-35-33-31-29-27-25-23-21-19-17-15-13-11-9-7-2/h9,11,15,17-18,20-21,23-24,26-27,29-30,32-33,35,39,41,45,47,51,53,57,59,63,65,94,98H,6-8,10,12-14,16,19,22,25,28,31,34,36-38,40,42-44,46,48-50,52,54-56,58,60-62,64,66-93H2,1-5H3/b11-9-,17-15-,20-18-,23-21-,26-24-,29-27-,32-30-,35-33-,41-39-,47-45-,53-51-,59-57-,65-63-. The Kier molecular flexibility index (Phi) is 82.4. The number of esters is 2. The average molecular weight is 1490 g/mol. The molecule has 0 aliphatic rings. The third kappa shape index (κ3) is 88.0. The van der Waals surface area contributed by atoms with Gasteiger partial charge in [-0.2, -0.15) is 0 Å². The summed E-state index contributed by atoms with van der Waals surface area (Å²) in [6.07, 6.45) is 125. The minimum atomic E-state index is -1.63. The van der Waals surface area contributed by atoms with E-state index in [1.165, 1.54) is 231 Å². The predicted molar refractivity (Wildman–Crippen MR) is 462 cm³/mol. The highest BCUT2D eigenvalue weighted by Gasteiger charge is 2.22. The van der Waals surface area contributed by atoms with Crippen molar-refractivity contribution in [3.05, 3.63) is 158 Å². The molecule has 0 aromatic carbocycles. The minimum absolute atomic E-state index is 0.142. The first kappa shape index (κ1) is 102. The van der Waals surface area contributed by atoms with E-state index in [0.717, 1.165) is 122 Å². The lowest BCUT2D eigenvalue weighted by molar-refractivity contribution is -0.870. The summed E-state index contributed by atoms with van der Waals surface area (Å²) in [5.74, 6) is -2.28. The fourth-order valence-electron chi connectivity index (χ4n) is 12.5. The number of likely N-dealkylation sites (N-methyl/N-ethyl adjacent to an activating group) is 1. The molecule has 0 aromatic heterocycles. The van der Waals surface area contributed by atoms with Crippen LogP contribution < -0.4 is 5.11 Å². The zero-order valence-corrected chi connectivity index (χ0v) is 70.2. The molecule has 9 heteroatoms. The number of aliphatic carboxylic acids is 1. The summed E-state index contributed by atoms with van der Waals surface area (Å²) in [6.45, 7) is 4.65. The predicted octanol–water partition coefficient (Wildman–Crippen LogP) is 28.2. The topological polar surface area (TPSA) is 111 Å². The molecule has 0 fully saturated rings. The number of ether oxygens (including phenoxy) is 4. The molecule has 0 heterocycles. The second-order valence-electron chi connectivity index (χ2n) is 30.8. The highest BCUT2D eigenvalue weighted by atomic mass is 16.7. The van der Waals surface area contributed by atoms with Gasteiger partial charge in [0.25, 0.3) is 0 Å². The van der Waals surface area contributed by atoms with Crippen LogP contribution in [0.2, 0.25) is 0 Å². The van der Waals surface area contributed by atoms with E-state index in [2.05, 4.69) is 172 Å². The number of carbonyl (C=O) groups is 3. The molecule has 0 aromatic rings. The maximum absolute atomic E-state index is 13.0. The molecule has 0 spiro atoms. The van der Waals surface area contributed by atoms with Crippen molar-refractivity contribution in [1.82, 2.24) is 0 Å². The molecule has 0 aliphatic carbocycles. The Bertz CT molecular complexity index is 2340. The Morgan fingerprint density at radius 3 is 0.794 bits per heavy atom. The van der Waals surface area contributed by atoms with Gasteiger partial charge < -0.3 is 33.3 Å². The summed E-state index contributed by atoms with van der Waals surface area (Å²) in [7, 11) is 5.94. The first-order chi connectivity index (χ1) is 52.6. The first-order valence-corrected chi connectivity index (χ1v) is 44.6. The van der Waals surface area contributed by atoms with Crippen molar-refractivity contribution in [2.24, 2.45) is 0 Å². The third-order valence-electron chi connectivity index (χ3n) is 19.3. The molecule has 0 saturated heterocycles. The molecule has 0 bridgehead atoms. The Balaban J connectivity index is 4.01. The summed E-state index contributed by atoms with van der Waals surface area (Å²) in [4.78, 5) is 37.7. The van der Waals surface area contributed by atoms with Crippen LogP contribution in [0.5, 0.6) is 0 Å². The number of allylic oxidation sites excluding steroid dienone is 26. The monoisotopic (exact) mass is 1490 g/mol. The van der Waals surface area contributed by atoms with Gasteiger partial charge in [0.05, 0.1) is 40.3 Å². The van der Waals surface area contributed by atoms with E-state index in [-0.39, 0.29) is 38.6 Å². The van der Waals surface area contributed by atoms with Crippen molar-refractivity contribution < 1.29 is 42.9 Å². The van der Waals surface area contributed by atoms with Gasteiger partial charge in [-0.25, -0.2) is 0 Å². The van der Waals surface area contributed by atoms with E-state index < -0.39 is 24.3 Å². The van der Waals surface area contributed by atoms with Crippen LogP contribution in [0.25, 0.3) is 0 Å². The van der Waals surface area contributed by atoms with Gasteiger partial charge in [-0.1, -0.05) is 403 Å². The van der Waals surface area contributed by atoms with Gasteiger partial charge in [0.2, 0.25) is 0 Å². The van der Waals surface area contributed by atoms with Gasteiger partial charge in [-0.05, 0) is 128 Å². The molecular formula is C98H167NO8. The fraction of sp³-hybridized carbons (Fsp3) is 0.704. The lowest BCUT2D eigenvalue weighted by atomic mass is 10.0. The van der Waals surface area contributed by atoms with Crippen LogP contribution in [0.15, 0.2) is 158 Å². The molecule has 2 atom stereocenters. The Morgan fingerprint density at radius 2 is 0.533 bits per heavy atom. The quantitative estimate of drug-likeness (QED) is 0.0195. The van der Waals surface area contributed by atoms with Crippen LogP contribution in [0, 0.1) is 0 Å². The van der Waals surface area contributed by atoms with Gasteiger partial charge in [0, 0.05) is 12.8 Å². The van der Waals surface area contributed by atoms with Gasteiger partial charge in [0.15, 0.2) is 12.4 Å². The first-order valence-electron chi connectivity index (χ1n) is 44.6. The number of carboxylic acids is 1. The molecule has 9 nitrogen and oxygen atoms in total. The van der Waals surface area contributed by atoms with Crippen LogP contribution in [0.4, 0.5) is 0 Å². The maximum atomic E-state index is 13.0. The Morgan fingerprint density at radius 1 is 0.290 bits per heavy atom. The zero-order valence-electron chi connectivity index (χ0n) is 70.2. The largest absolute Gasteiger partial charge is 0.545 e. The van der Waals surface area contributed by atoms with Crippen LogP contribution in [0.3, 0.4) is 0 Å².